The maximum atomic E-state index is 12.7. The molecule has 11 heteroatoms. The van der Waals surface area contributed by atoms with Crippen LogP contribution in [0.25, 0.3) is 0 Å². The van der Waals surface area contributed by atoms with Crippen molar-refractivity contribution in [1.82, 2.24) is 10.2 Å². The number of benzene rings is 3. The molecule has 0 spiro atoms. The normalized spacial score (nSPS) is 12.1. The summed E-state index contributed by atoms with van der Waals surface area (Å²) in [5.74, 6) is 0.440. The van der Waals surface area contributed by atoms with E-state index in [0.717, 1.165) is 17.4 Å². The van der Waals surface area contributed by atoms with Crippen LogP contribution in [-0.4, -0.2) is 51.9 Å². The first-order valence-electron chi connectivity index (χ1n) is 10.6. The highest BCUT2D eigenvalue weighted by Gasteiger charge is 2.19. The number of nitrogens with zero attached hydrogens (tertiary/aromatic N) is 2. The van der Waals surface area contributed by atoms with Crippen LogP contribution in [0.4, 0.5) is 11.4 Å². The largest absolute Gasteiger partial charge is 0.497 e. The number of nitro benzene ring substituents is 1. The molecule has 0 aliphatic heterocycles. The van der Waals surface area contributed by atoms with E-state index in [1.54, 1.807) is 7.11 Å². The molecular formula is C24H26N4O6S. The number of nitro groups is 1. The molecule has 0 aromatic heterocycles. The summed E-state index contributed by atoms with van der Waals surface area (Å²) in [6, 6.07) is 18.2. The zero-order valence-corrected chi connectivity index (χ0v) is 20.3. The van der Waals surface area contributed by atoms with Crippen LogP contribution >= 0.6 is 0 Å². The zero-order chi connectivity index (χ0) is 25.6. The molecule has 2 N–H and O–H groups in total. The number of likely N-dealkylation sites (N-methyl/N-ethyl adjacent to an activating group) is 1. The Morgan fingerprint density at radius 1 is 1.06 bits per heavy atom. The quantitative estimate of drug-likeness (QED) is 0.323. The van der Waals surface area contributed by atoms with Gasteiger partial charge in [-0.15, -0.1) is 0 Å². The van der Waals surface area contributed by atoms with Gasteiger partial charge in [0, 0.05) is 29.9 Å². The molecule has 35 heavy (non-hydrogen) atoms. The summed E-state index contributed by atoms with van der Waals surface area (Å²) in [5.41, 5.74) is 1.26. The van der Waals surface area contributed by atoms with Gasteiger partial charge < -0.3 is 15.0 Å². The minimum absolute atomic E-state index is 0.0640. The molecule has 3 aromatic rings. The first-order chi connectivity index (χ1) is 16.6. The smallest absolute Gasteiger partial charge is 0.270 e. The van der Waals surface area contributed by atoms with Crippen molar-refractivity contribution in [2.75, 3.05) is 32.5 Å². The molecule has 0 fully saturated rings. The van der Waals surface area contributed by atoms with Gasteiger partial charge >= 0.3 is 0 Å². The number of carbonyl (C=O) groups is 1. The highest BCUT2D eigenvalue weighted by molar-refractivity contribution is 7.92. The summed E-state index contributed by atoms with van der Waals surface area (Å²) in [5, 5.41) is 13.8. The first kappa shape index (κ1) is 25.7. The molecule has 1 atom stereocenters. The van der Waals surface area contributed by atoms with Crippen molar-refractivity contribution in [3.63, 3.8) is 0 Å². The van der Waals surface area contributed by atoms with Gasteiger partial charge in [-0.3, -0.25) is 19.6 Å². The minimum atomic E-state index is -4.04. The molecule has 1 amide bonds. The lowest BCUT2D eigenvalue weighted by atomic mass is 10.1. The summed E-state index contributed by atoms with van der Waals surface area (Å²) < 4.78 is 32.7. The van der Waals surface area contributed by atoms with Gasteiger partial charge in [0.15, 0.2) is 0 Å². The van der Waals surface area contributed by atoms with E-state index in [1.165, 1.54) is 42.5 Å². The van der Waals surface area contributed by atoms with Gasteiger partial charge in [-0.05, 0) is 62.1 Å². The number of methoxy groups -OCH3 is 1. The van der Waals surface area contributed by atoms with Crippen LogP contribution in [0.1, 0.15) is 22.0 Å². The van der Waals surface area contributed by atoms with Gasteiger partial charge in [0.05, 0.1) is 23.0 Å². The maximum absolute atomic E-state index is 12.7. The fourth-order valence-electron chi connectivity index (χ4n) is 3.38. The molecule has 3 rings (SSSR count). The van der Waals surface area contributed by atoms with E-state index in [1.807, 2.05) is 43.3 Å². The third kappa shape index (κ3) is 6.55. The lowest BCUT2D eigenvalue weighted by Crippen LogP contribution is -2.34. The van der Waals surface area contributed by atoms with Crippen molar-refractivity contribution in [2.45, 2.75) is 10.9 Å². The number of amides is 1. The fraction of sp³-hybridized carbons (Fsp3) is 0.208. The average Bonchev–Trinajstić information content (AvgIpc) is 2.84. The van der Waals surface area contributed by atoms with Gasteiger partial charge in [-0.25, -0.2) is 8.42 Å². The predicted molar refractivity (Wildman–Crippen MR) is 132 cm³/mol. The Balaban J connectivity index is 1.66. The summed E-state index contributed by atoms with van der Waals surface area (Å²) in [4.78, 5) is 24.7. The number of hydrogen-bond donors (Lipinski definition) is 2. The minimum Gasteiger partial charge on any atom is -0.497 e. The number of carbonyl (C=O) groups excluding carboxylic acids is 1. The molecule has 0 aliphatic rings. The van der Waals surface area contributed by atoms with Crippen molar-refractivity contribution < 1.29 is 22.9 Å². The summed E-state index contributed by atoms with van der Waals surface area (Å²) in [6.45, 7) is 0.360. The molecule has 0 bridgehead atoms. The van der Waals surface area contributed by atoms with E-state index in [9.17, 15) is 23.3 Å². The number of ether oxygens (including phenoxy) is 1. The van der Waals surface area contributed by atoms with E-state index < -0.39 is 14.9 Å². The third-order valence-electron chi connectivity index (χ3n) is 5.32. The molecule has 10 nitrogen and oxygen atoms in total. The number of nitrogens with one attached hydrogen (secondary N) is 2. The van der Waals surface area contributed by atoms with E-state index in [4.69, 9.17) is 4.74 Å². The number of non-ortho nitro benzene ring substituents is 1. The molecular weight excluding hydrogens is 472 g/mol. The van der Waals surface area contributed by atoms with Crippen molar-refractivity contribution in [1.29, 1.82) is 0 Å². The standard InChI is InChI=1S/C24H26N4O6S/c1-27(2)23(17-9-13-21(34-3)14-10-17)16-25-24(29)18-7-11-19(12-8-18)26-35(32,33)22-6-4-5-20(15-22)28(30)31/h4-15,23,26H,16H2,1-3H3,(H,25,29). The van der Waals surface area contributed by atoms with Crippen LogP contribution in [-0.2, 0) is 10.0 Å². The predicted octanol–water partition coefficient (Wildman–Crippen LogP) is 3.44. The van der Waals surface area contributed by atoms with Crippen LogP contribution in [0, 0.1) is 10.1 Å². The SMILES string of the molecule is COc1ccc(C(CNC(=O)c2ccc(NS(=O)(=O)c3cccc([N+](=O)[O-])c3)cc2)N(C)C)cc1. The number of rotatable bonds is 10. The van der Waals surface area contributed by atoms with Crippen LogP contribution in [0.15, 0.2) is 77.7 Å². The van der Waals surface area contributed by atoms with Crippen LogP contribution in [0.2, 0.25) is 0 Å². The van der Waals surface area contributed by atoms with Crippen molar-refractivity contribution in [3.05, 3.63) is 94.0 Å². The molecule has 0 saturated heterocycles. The second-order valence-corrected chi connectivity index (χ2v) is 9.58. The summed E-state index contributed by atoms with van der Waals surface area (Å²) in [7, 11) is 1.40. The van der Waals surface area contributed by atoms with Crippen molar-refractivity contribution in [2.24, 2.45) is 0 Å². The molecule has 0 aliphatic carbocycles. The Morgan fingerprint density at radius 2 is 1.71 bits per heavy atom. The number of sulfonamides is 1. The lowest BCUT2D eigenvalue weighted by molar-refractivity contribution is -0.385. The molecule has 1 unspecified atom stereocenters. The Morgan fingerprint density at radius 3 is 2.29 bits per heavy atom. The maximum Gasteiger partial charge on any atom is 0.270 e. The Bertz CT molecular complexity index is 1290. The summed E-state index contributed by atoms with van der Waals surface area (Å²) >= 11 is 0. The first-order valence-corrected chi connectivity index (χ1v) is 12.0. The molecule has 0 saturated carbocycles. The van der Waals surface area contributed by atoms with Crippen LogP contribution < -0.4 is 14.8 Å². The van der Waals surface area contributed by atoms with Gasteiger partial charge in [0.25, 0.3) is 21.6 Å². The van der Waals surface area contributed by atoms with Crippen molar-refractivity contribution >= 4 is 27.3 Å². The number of anilines is 1. The van der Waals surface area contributed by atoms with Gasteiger partial charge in [-0.1, -0.05) is 18.2 Å². The van der Waals surface area contributed by atoms with Gasteiger partial charge in [0.2, 0.25) is 0 Å². The lowest BCUT2D eigenvalue weighted by Gasteiger charge is -2.25. The highest BCUT2D eigenvalue weighted by Crippen LogP contribution is 2.22. The topological polar surface area (TPSA) is 131 Å². The molecule has 0 radical (unpaired) electrons. The van der Waals surface area contributed by atoms with E-state index in [-0.39, 0.29) is 28.2 Å². The van der Waals surface area contributed by atoms with Crippen LogP contribution in [0.3, 0.4) is 0 Å². The molecule has 184 valence electrons. The Labute approximate surface area is 203 Å². The van der Waals surface area contributed by atoms with E-state index in [0.29, 0.717) is 12.1 Å². The summed E-state index contributed by atoms with van der Waals surface area (Å²) in [6.07, 6.45) is 0. The van der Waals surface area contributed by atoms with Gasteiger partial charge in [-0.2, -0.15) is 0 Å². The molecule has 3 aromatic carbocycles. The Hall–Kier alpha value is -3.96. The number of hydrogen-bond acceptors (Lipinski definition) is 7. The van der Waals surface area contributed by atoms with Crippen LogP contribution in [0.5, 0.6) is 5.75 Å². The monoisotopic (exact) mass is 498 g/mol. The van der Waals surface area contributed by atoms with E-state index >= 15 is 0 Å². The van der Waals surface area contributed by atoms with Crippen molar-refractivity contribution in [3.8, 4) is 5.75 Å². The Kier molecular flexibility index (Phi) is 8.05. The second-order valence-electron chi connectivity index (χ2n) is 7.90. The highest BCUT2D eigenvalue weighted by atomic mass is 32.2. The fourth-order valence-corrected chi connectivity index (χ4v) is 4.48. The second kappa shape index (κ2) is 11.0. The van der Waals surface area contributed by atoms with E-state index in [2.05, 4.69) is 10.0 Å². The van der Waals surface area contributed by atoms with Gasteiger partial charge in [0.1, 0.15) is 5.75 Å². The zero-order valence-electron chi connectivity index (χ0n) is 19.5. The molecule has 0 heterocycles. The third-order valence-corrected chi connectivity index (χ3v) is 6.70. The average molecular weight is 499 g/mol.